The summed E-state index contributed by atoms with van der Waals surface area (Å²) < 4.78 is 11.2. The number of nitrogens with zero attached hydrogens (tertiary/aromatic N) is 1. The fraction of sp³-hybridized carbons (Fsp3) is 0.381. The van der Waals surface area contributed by atoms with Crippen LogP contribution in [0.25, 0.3) is 0 Å². The minimum Gasteiger partial charge on any atom is -0.490 e. The van der Waals surface area contributed by atoms with Gasteiger partial charge in [-0.15, -0.1) is 0 Å². The molecule has 0 aliphatic carbocycles. The van der Waals surface area contributed by atoms with Gasteiger partial charge in [-0.1, -0.05) is 30.3 Å². The Morgan fingerprint density at radius 3 is 2.35 bits per heavy atom. The second kappa shape index (κ2) is 9.82. The van der Waals surface area contributed by atoms with Crippen molar-refractivity contribution in [1.29, 1.82) is 0 Å². The van der Waals surface area contributed by atoms with Gasteiger partial charge in [0.2, 0.25) is 5.91 Å². The number of rotatable bonds is 9. The molecule has 140 valence electrons. The van der Waals surface area contributed by atoms with Crippen molar-refractivity contribution in [1.82, 2.24) is 4.90 Å². The minimum absolute atomic E-state index is 0.0677. The normalized spacial score (nSPS) is 11.9. The van der Waals surface area contributed by atoms with Gasteiger partial charge >= 0.3 is 0 Å². The van der Waals surface area contributed by atoms with E-state index in [9.17, 15) is 4.79 Å². The lowest BCUT2D eigenvalue weighted by molar-refractivity contribution is -0.117. The summed E-state index contributed by atoms with van der Waals surface area (Å²) >= 11 is 0. The lowest BCUT2D eigenvalue weighted by Gasteiger charge is -2.24. The van der Waals surface area contributed by atoms with Gasteiger partial charge in [-0.2, -0.15) is 0 Å². The molecular weight excluding hydrogens is 328 g/mol. The van der Waals surface area contributed by atoms with Crippen molar-refractivity contribution in [2.75, 3.05) is 32.1 Å². The Hall–Kier alpha value is -2.53. The number of benzene rings is 2. The van der Waals surface area contributed by atoms with Gasteiger partial charge < -0.3 is 14.8 Å². The Balaban J connectivity index is 1.99. The van der Waals surface area contributed by atoms with Crippen LogP contribution in [0, 0.1) is 0 Å². The van der Waals surface area contributed by atoms with Crippen molar-refractivity contribution in [3.8, 4) is 11.5 Å². The van der Waals surface area contributed by atoms with Crippen LogP contribution in [-0.2, 0) is 4.79 Å². The highest BCUT2D eigenvalue weighted by Gasteiger charge is 2.15. The monoisotopic (exact) mass is 356 g/mol. The molecule has 0 spiro atoms. The summed E-state index contributed by atoms with van der Waals surface area (Å²) in [4.78, 5) is 14.4. The molecule has 0 aliphatic heterocycles. The second-order valence-electron chi connectivity index (χ2n) is 6.08. The molecule has 0 radical (unpaired) electrons. The Morgan fingerprint density at radius 2 is 1.69 bits per heavy atom. The van der Waals surface area contributed by atoms with Gasteiger partial charge in [0.1, 0.15) is 0 Å². The predicted octanol–water partition coefficient (Wildman–Crippen LogP) is 4.12. The van der Waals surface area contributed by atoms with E-state index in [1.807, 2.05) is 56.1 Å². The second-order valence-corrected chi connectivity index (χ2v) is 6.08. The van der Waals surface area contributed by atoms with Crippen LogP contribution in [0.4, 0.5) is 5.69 Å². The average Bonchev–Trinajstić information content (AvgIpc) is 2.64. The number of carbonyl (C=O) groups is 1. The van der Waals surface area contributed by atoms with Crippen LogP contribution in [0.1, 0.15) is 32.4 Å². The van der Waals surface area contributed by atoms with E-state index >= 15 is 0 Å². The highest BCUT2D eigenvalue weighted by atomic mass is 16.5. The summed E-state index contributed by atoms with van der Waals surface area (Å²) in [5.74, 6) is 1.25. The van der Waals surface area contributed by atoms with Gasteiger partial charge in [0.05, 0.1) is 19.8 Å². The first-order valence-electron chi connectivity index (χ1n) is 8.99. The summed E-state index contributed by atoms with van der Waals surface area (Å²) in [5, 5.41) is 2.93. The third kappa shape index (κ3) is 5.49. The number of amides is 1. The topological polar surface area (TPSA) is 50.8 Å². The number of likely N-dealkylation sites (N-methyl/N-ethyl adjacent to an activating group) is 1. The first-order valence-corrected chi connectivity index (χ1v) is 8.99. The maximum atomic E-state index is 12.4. The van der Waals surface area contributed by atoms with Gasteiger partial charge in [0.25, 0.3) is 0 Å². The molecule has 2 rings (SSSR count). The number of hydrogen-bond donors (Lipinski definition) is 1. The molecular formula is C21H28N2O3. The Kier molecular flexibility index (Phi) is 7.48. The van der Waals surface area contributed by atoms with E-state index in [1.165, 1.54) is 5.56 Å². The van der Waals surface area contributed by atoms with E-state index in [0.29, 0.717) is 36.9 Å². The maximum Gasteiger partial charge on any atom is 0.238 e. The third-order valence-corrected chi connectivity index (χ3v) is 4.16. The van der Waals surface area contributed by atoms with Gasteiger partial charge in [0.15, 0.2) is 11.5 Å². The smallest absolute Gasteiger partial charge is 0.238 e. The fourth-order valence-electron chi connectivity index (χ4n) is 2.68. The number of carbonyl (C=O) groups excluding carboxylic acids is 1. The molecule has 1 amide bonds. The zero-order chi connectivity index (χ0) is 18.9. The molecule has 0 saturated heterocycles. The highest BCUT2D eigenvalue weighted by Crippen LogP contribution is 2.30. The van der Waals surface area contributed by atoms with Gasteiger partial charge in [-0.25, -0.2) is 0 Å². The standard InChI is InChI=1S/C21H28N2O3/c1-5-25-19-13-12-18(14-20(19)26-6-2)22-21(24)15-23(4)16(3)17-10-8-7-9-11-17/h7-14,16H,5-6,15H2,1-4H3,(H,22,24)/t16-/m1/s1. The average molecular weight is 356 g/mol. The Bertz CT molecular complexity index is 704. The summed E-state index contributed by atoms with van der Waals surface area (Å²) in [7, 11) is 1.95. The largest absolute Gasteiger partial charge is 0.490 e. The molecule has 2 aromatic carbocycles. The zero-order valence-electron chi connectivity index (χ0n) is 16.0. The number of hydrogen-bond acceptors (Lipinski definition) is 4. The molecule has 0 unspecified atom stereocenters. The predicted molar refractivity (Wildman–Crippen MR) is 105 cm³/mol. The Morgan fingerprint density at radius 1 is 1.04 bits per heavy atom. The van der Waals surface area contributed by atoms with E-state index < -0.39 is 0 Å². The summed E-state index contributed by atoms with van der Waals surface area (Å²) in [5.41, 5.74) is 1.88. The quantitative estimate of drug-likeness (QED) is 0.734. The molecule has 5 heteroatoms. The first-order chi connectivity index (χ1) is 12.5. The van der Waals surface area contributed by atoms with Gasteiger partial charge in [-0.05, 0) is 45.5 Å². The molecule has 2 aromatic rings. The Labute approximate surface area is 155 Å². The van der Waals surface area contributed by atoms with Crippen LogP contribution in [0.2, 0.25) is 0 Å². The molecule has 0 saturated carbocycles. The van der Waals surface area contributed by atoms with Crippen LogP contribution in [0.3, 0.4) is 0 Å². The van der Waals surface area contributed by atoms with Gasteiger partial charge in [0, 0.05) is 17.8 Å². The van der Waals surface area contributed by atoms with Crippen molar-refractivity contribution in [2.24, 2.45) is 0 Å². The van der Waals surface area contributed by atoms with Gasteiger partial charge in [-0.3, -0.25) is 9.69 Å². The molecule has 5 nitrogen and oxygen atoms in total. The third-order valence-electron chi connectivity index (χ3n) is 4.16. The molecule has 1 atom stereocenters. The van der Waals surface area contributed by atoms with Crippen LogP contribution < -0.4 is 14.8 Å². The van der Waals surface area contributed by atoms with Crippen molar-refractivity contribution in [3.63, 3.8) is 0 Å². The van der Waals surface area contributed by atoms with E-state index in [0.717, 1.165) is 0 Å². The SMILES string of the molecule is CCOc1ccc(NC(=O)CN(C)[C@H](C)c2ccccc2)cc1OCC. The van der Waals surface area contributed by atoms with Crippen molar-refractivity contribution < 1.29 is 14.3 Å². The molecule has 0 aromatic heterocycles. The summed E-state index contributed by atoms with van der Waals surface area (Å²) in [6.07, 6.45) is 0. The minimum atomic E-state index is -0.0677. The lowest BCUT2D eigenvalue weighted by atomic mass is 10.1. The van der Waals surface area contributed by atoms with Crippen LogP contribution >= 0.6 is 0 Å². The lowest BCUT2D eigenvalue weighted by Crippen LogP contribution is -2.32. The van der Waals surface area contributed by atoms with Crippen LogP contribution in [0.5, 0.6) is 11.5 Å². The number of ether oxygens (including phenoxy) is 2. The number of anilines is 1. The van der Waals surface area contributed by atoms with Crippen molar-refractivity contribution >= 4 is 11.6 Å². The molecule has 1 N–H and O–H groups in total. The van der Waals surface area contributed by atoms with E-state index in [-0.39, 0.29) is 11.9 Å². The molecule has 0 heterocycles. The molecule has 26 heavy (non-hydrogen) atoms. The van der Waals surface area contributed by atoms with E-state index in [1.54, 1.807) is 6.07 Å². The van der Waals surface area contributed by atoms with E-state index in [4.69, 9.17) is 9.47 Å². The van der Waals surface area contributed by atoms with Crippen molar-refractivity contribution in [3.05, 3.63) is 54.1 Å². The first kappa shape index (κ1) is 19.8. The van der Waals surface area contributed by atoms with Crippen LogP contribution in [0.15, 0.2) is 48.5 Å². The van der Waals surface area contributed by atoms with E-state index in [2.05, 4.69) is 24.4 Å². The van der Waals surface area contributed by atoms with Crippen molar-refractivity contribution in [2.45, 2.75) is 26.8 Å². The molecule has 0 bridgehead atoms. The highest BCUT2D eigenvalue weighted by molar-refractivity contribution is 5.92. The summed E-state index contributed by atoms with van der Waals surface area (Å²) in [6, 6.07) is 15.7. The number of nitrogens with one attached hydrogen (secondary N) is 1. The summed E-state index contributed by atoms with van der Waals surface area (Å²) in [6.45, 7) is 7.33. The zero-order valence-corrected chi connectivity index (χ0v) is 16.0. The maximum absolute atomic E-state index is 12.4. The fourth-order valence-corrected chi connectivity index (χ4v) is 2.68. The van der Waals surface area contributed by atoms with Crippen LogP contribution in [-0.4, -0.2) is 37.6 Å². The molecule has 0 aliphatic rings. The molecule has 0 fully saturated rings.